The van der Waals surface area contributed by atoms with Crippen molar-refractivity contribution in [2.75, 3.05) is 6.61 Å². The van der Waals surface area contributed by atoms with Crippen molar-refractivity contribution in [2.24, 2.45) is 0 Å². The highest BCUT2D eigenvalue weighted by molar-refractivity contribution is 5.29. The fourth-order valence-electron chi connectivity index (χ4n) is 0.910. The molecule has 72 valence electrons. The maximum Gasteiger partial charge on any atom is 0.272 e. The van der Waals surface area contributed by atoms with Crippen molar-refractivity contribution < 1.29 is 13.5 Å². The zero-order chi connectivity index (χ0) is 9.84. The molecule has 0 aliphatic rings. The molecule has 0 saturated carbocycles. The van der Waals surface area contributed by atoms with E-state index in [0.29, 0.717) is 11.4 Å². The first kappa shape index (κ1) is 9.89. The van der Waals surface area contributed by atoms with E-state index in [-0.39, 0.29) is 0 Å². The second-order valence-corrected chi connectivity index (χ2v) is 2.80. The Morgan fingerprint density at radius 2 is 2.15 bits per heavy atom. The molecule has 0 fully saturated rings. The fourth-order valence-corrected chi connectivity index (χ4v) is 0.910. The number of rotatable bonds is 3. The van der Waals surface area contributed by atoms with Gasteiger partial charge >= 0.3 is 0 Å². The third-order valence-corrected chi connectivity index (χ3v) is 1.54. The van der Waals surface area contributed by atoms with E-state index in [9.17, 15) is 8.78 Å². The highest BCUT2D eigenvalue weighted by Gasteiger charge is 2.06. The number of aryl methyl sites for hydroxylation is 2. The van der Waals surface area contributed by atoms with Gasteiger partial charge < -0.3 is 4.74 Å². The Morgan fingerprint density at radius 1 is 1.46 bits per heavy atom. The van der Waals surface area contributed by atoms with Gasteiger partial charge in [0.1, 0.15) is 12.4 Å². The zero-order valence-corrected chi connectivity index (χ0v) is 7.55. The summed E-state index contributed by atoms with van der Waals surface area (Å²) in [7, 11) is 0. The van der Waals surface area contributed by atoms with Gasteiger partial charge in [-0.25, -0.2) is 8.78 Å². The number of pyridine rings is 1. The summed E-state index contributed by atoms with van der Waals surface area (Å²) >= 11 is 0. The van der Waals surface area contributed by atoms with Crippen LogP contribution in [0, 0.1) is 13.8 Å². The highest BCUT2D eigenvalue weighted by Crippen LogP contribution is 2.16. The van der Waals surface area contributed by atoms with Crippen molar-refractivity contribution in [1.29, 1.82) is 0 Å². The molecule has 13 heavy (non-hydrogen) atoms. The van der Waals surface area contributed by atoms with Crippen molar-refractivity contribution in [3.8, 4) is 5.75 Å². The monoisotopic (exact) mass is 187 g/mol. The summed E-state index contributed by atoms with van der Waals surface area (Å²) in [4.78, 5) is 3.99. The maximum atomic E-state index is 11.8. The number of alkyl halides is 2. The summed E-state index contributed by atoms with van der Waals surface area (Å²) in [5.74, 6) is 0.431. The smallest absolute Gasteiger partial charge is 0.272 e. The lowest BCUT2D eigenvalue weighted by atomic mass is 10.2. The molecule has 0 spiro atoms. The van der Waals surface area contributed by atoms with Crippen molar-refractivity contribution >= 4 is 0 Å². The first-order chi connectivity index (χ1) is 6.09. The van der Waals surface area contributed by atoms with Gasteiger partial charge in [0.05, 0.1) is 5.69 Å². The van der Waals surface area contributed by atoms with Crippen molar-refractivity contribution in [2.45, 2.75) is 20.3 Å². The number of hydrogen-bond donors (Lipinski definition) is 0. The number of halogens is 2. The molecule has 0 atom stereocenters. The summed E-state index contributed by atoms with van der Waals surface area (Å²) in [6, 6.07) is 1.70. The third-order valence-electron chi connectivity index (χ3n) is 1.54. The molecule has 0 radical (unpaired) electrons. The number of ether oxygens (including phenoxy) is 1. The lowest BCUT2D eigenvalue weighted by Gasteiger charge is -2.07. The van der Waals surface area contributed by atoms with Gasteiger partial charge in [-0.2, -0.15) is 0 Å². The molecular weight excluding hydrogens is 176 g/mol. The SMILES string of the molecule is Cc1cnc(C)c(OCC(F)F)c1. The minimum Gasteiger partial charge on any atom is -0.486 e. The quantitative estimate of drug-likeness (QED) is 0.724. The molecule has 1 aromatic rings. The largest absolute Gasteiger partial charge is 0.486 e. The molecule has 0 aromatic carbocycles. The van der Waals surface area contributed by atoms with E-state index in [2.05, 4.69) is 4.98 Å². The molecule has 0 amide bonds. The summed E-state index contributed by atoms with van der Waals surface area (Å²) in [5, 5.41) is 0. The van der Waals surface area contributed by atoms with Crippen LogP contribution in [0.25, 0.3) is 0 Å². The van der Waals surface area contributed by atoms with E-state index in [1.54, 1.807) is 19.2 Å². The number of hydrogen-bond acceptors (Lipinski definition) is 2. The predicted molar refractivity (Wildman–Crippen MR) is 45.2 cm³/mol. The average Bonchev–Trinajstić information content (AvgIpc) is 2.06. The highest BCUT2D eigenvalue weighted by atomic mass is 19.3. The molecule has 0 N–H and O–H groups in total. The van der Waals surface area contributed by atoms with Crippen LogP contribution in [-0.2, 0) is 0 Å². The second-order valence-electron chi connectivity index (χ2n) is 2.80. The Kier molecular flexibility index (Phi) is 3.17. The second kappa shape index (κ2) is 4.16. The lowest BCUT2D eigenvalue weighted by molar-refractivity contribution is 0.0813. The molecule has 0 saturated heterocycles. The van der Waals surface area contributed by atoms with Crippen LogP contribution in [0.1, 0.15) is 11.3 Å². The molecule has 0 aliphatic heterocycles. The number of aromatic nitrogens is 1. The predicted octanol–water partition coefficient (Wildman–Crippen LogP) is 2.34. The molecule has 1 heterocycles. The van der Waals surface area contributed by atoms with Crippen LogP contribution in [-0.4, -0.2) is 18.0 Å². The minimum atomic E-state index is -2.44. The minimum absolute atomic E-state index is 0.431. The van der Waals surface area contributed by atoms with E-state index in [1.165, 1.54) is 0 Å². The normalized spacial score (nSPS) is 10.5. The van der Waals surface area contributed by atoms with Gasteiger partial charge in [-0.3, -0.25) is 4.98 Å². The Hall–Kier alpha value is -1.19. The molecular formula is C9H11F2NO. The maximum absolute atomic E-state index is 11.8. The van der Waals surface area contributed by atoms with Crippen molar-refractivity contribution in [3.05, 3.63) is 23.5 Å². The average molecular weight is 187 g/mol. The van der Waals surface area contributed by atoms with Crippen LogP contribution in [0.15, 0.2) is 12.3 Å². The summed E-state index contributed by atoms with van der Waals surface area (Å²) in [6.07, 6.45) is -0.773. The van der Waals surface area contributed by atoms with Gasteiger partial charge in [-0.15, -0.1) is 0 Å². The molecule has 2 nitrogen and oxygen atoms in total. The zero-order valence-electron chi connectivity index (χ0n) is 7.55. The Morgan fingerprint density at radius 3 is 2.77 bits per heavy atom. The summed E-state index contributed by atoms with van der Waals surface area (Å²) < 4.78 is 28.5. The van der Waals surface area contributed by atoms with E-state index in [0.717, 1.165) is 5.56 Å². The topological polar surface area (TPSA) is 22.1 Å². The standard InChI is InChI=1S/C9H11F2NO/c1-6-3-8(7(2)12-4-6)13-5-9(10)11/h3-4,9H,5H2,1-2H3. The van der Waals surface area contributed by atoms with Crippen LogP contribution in [0.3, 0.4) is 0 Å². The van der Waals surface area contributed by atoms with Crippen LogP contribution in [0.2, 0.25) is 0 Å². The number of nitrogens with zero attached hydrogens (tertiary/aromatic N) is 1. The van der Waals surface area contributed by atoms with Gasteiger partial charge in [0.25, 0.3) is 6.43 Å². The van der Waals surface area contributed by atoms with Crippen LogP contribution in [0.5, 0.6) is 5.75 Å². The van der Waals surface area contributed by atoms with E-state index in [1.807, 2.05) is 6.92 Å². The van der Waals surface area contributed by atoms with Crippen LogP contribution >= 0.6 is 0 Å². The summed E-state index contributed by atoms with van der Waals surface area (Å²) in [5.41, 5.74) is 1.53. The molecule has 0 unspecified atom stereocenters. The van der Waals surface area contributed by atoms with Crippen LogP contribution in [0.4, 0.5) is 8.78 Å². The van der Waals surface area contributed by atoms with E-state index < -0.39 is 13.0 Å². The molecule has 0 bridgehead atoms. The molecule has 1 rings (SSSR count). The fraction of sp³-hybridized carbons (Fsp3) is 0.444. The Labute approximate surface area is 75.6 Å². The van der Waals surface area contributed by atoms with Crippen molar-refractivity contribution in [3.63, 3.8) is 0 Å². The van der Waals surface area contributed by atoms with Gasteiger partial charge in [0.15, 0.2) is 0 Å². The van der Waals surface area contributed by atoms with Gasteiger partial charge in [-0.1, -0.05) is 0 Å². The van der Waals surface area contributed by atoms with Crippen LogP contribution < -0.4 is 4.74 Å². The molecule has 1 aromatic heterocycles. The van der Waals surface area contributed by atoms with E-state index >= 15 is 0 Å². The lowest BCUT2D eigenvalue weighted by Crippen LogP contribution is -2.08. The molecule has 0 aliphatic carbocycles. The van der Waals surface area contributed by atoms with Gasteiger partial charge in [0.2, 0.25) is 0 Å². The third kappa shape index (κ3) is 2.97. The first-order valence-electron chi connectivity index (χ1n) is 3.94. The van der Waals surface area contributed by atoms with Gasteiger partial charge in [0, 0.05) is 6.20 Å². The first-order valence-corrected chi connectivity index (χ1v) is 3.94. The Balaban J connectivity index is 2.70. The summed E-state index contributed by atoms with van der Waals surface area (Å²) in [6.45, 7) is 2.98. The van der Waals surface area contributed by atoms with E-state index in [4.69, 9.17) is 4.74 Å². The Bertz CT molecular complexity index is 289. The molecule has 4 heteroatoms. The van der Waals surface area contributed by atoms with Crippen molar-refractivity contribution in [1.82, 2.24) is 4.98 Å². The van der Waals surface area contributed by atoms with Gasteiger partial charge in [-0.05, 0) is 25.5 Å².